The zero-order valence-corrected chi connectivity index (χ0v) is 9.69. The number of methoxy groups -OCH3 is 1. The molecule has 0 aliphatic rings. The van der Waals surface area contributed by atoms with E-state index in [1.165, 1.54) is 7.11 Å². The van der Waals surface area contributed by atoms with Gasteiger partial charge in [-0.05, 0) is 6.07 Å². The maximum absolute atomic E-state index is 11.2. The van der Waals surface area contributed by atoms with Crippen molar-refractivity contribution in [2.75, 3.05) is 7.11 Å². The van der Waals surface area contributed by atoms with E-state index >= 15 is 0 Å². The number of aromatic carboxylic acids is 1. The van der Waals surface area contributed by atoms with Crippen LogP contribution >= 0.6 is 0 Å². The Morgan fingerprint density at radius 2 is 2.06 bits per heavy atom. The Hall–Kier alpha value is -2.50. The number of nitrogens with one attached hydrogen (secondary N) is 2. The number of aromatic nitrogens is 2. The van der Waals surface area contributed by atoms with Crippen LogP contribution in [0.1, 0.15) is 21.7 Å². The highest BCUT2D eigenvalue weighted by molar-refractivity contribution is 5.86. The number of ether oxygens (including phenoxy) is 1. The highest BCUT2D eigenvalue weighted by Gasteiger charge is 2.15. The summed E-state index contributed by atoms with van der Waals surface area (Å²) in [5.41, 5.74) is 0.484. The Morgan fingerprint density at radius 1 is 1.33 bits per heavy atom. The van der Waals surface area contributed by atoms with Gasteiger partial charge in [-0.15, -0.1) is 0 Å². The average Bonchev–Trinajstić information content (AvgIpc) is 2.71. The molecule has 6 heteroatoms. The summed E-state index contributed by atoms with van der Waals surface area (Å²) < 4.78 is 5.18. The Balaban J connectivity index is 2.40. The van der Waals surface area contributed by atoms with Gasteiger partial charge >= 0.3 is 11.7 Å². The molecule has 0 unspecified atom stereocenters. The molecule has 0 atom stereocenters. The molecular weight excluding hydrogens is 236 g/mol. The number of hydrogen-bond donors (Lipinski definition) is 3. The molecule has 3 N–H and O–H groups in total. The van der Waals surface area contributed by atoms with Gasteiger partial charge in [0.05, 0.1) is 12.8 Å². The van der Waals surface area contributed by atoms with E-state index in [0.717, 1.165) is 5.56 Å². The van der Waals surface area contributed by atoms with Crippen LogP contribution in [0.5, 0.6) is 5.75 Å². The van der Waals surface area contributed by atoms with E-state index in [9.17, 15) is 9.59 Å². The molecule has 0 bridgehead atoms. The lowest BCUT2D eigenvalue weighted by Crippen LogP contribution is -2.04. The van der Waals surface area contributed by atoms with Crippen LogP contribution in [0, 0.1) is 0 Å². The SMILES string of the molecule is COc1ccccc1Cc1[nH]c(=O)[nH]c1C(=O)O. The first-order valence-corrected chi connectivity index (χ1v) is 5.28. The van der Waals surface area contributed by atoms with Crippen molar-refractivity contribution in [2.24, 2.45) is 0 Å². The molecule has 0 fully saturated rings. The van der Waals surface area contributed by atoms with Gasteiger partial charge in [0.25, 0.3) is 0 Å². The molecule has 0 aliphatic carbocycles. The van der Waals surface area contributed by atoms with Gasteiger partial charge < -0.3 is 14.8 Å². The van der Waals surface area contributed by atoms with Crippen molar-refractivity contribution in [1.82, 2.24) is 9.97 Å². The van der Waals surface area contributed by atoms with Gasteiger partial charge in [0, 0.05) is 12.0 Å². The number of carbonyl (C=O) groups is 1. The zero-order chi connectivity index (χ0) is 13.1. The van der Waals surface area contributed by atoms with E-state index in [1.807, 2.05) is 18.2 Å². The number of aromatic amines is 2. The summed E-state index contributed by atoms with van der Waals surface area (Å²) in [6.07, 6.45) is 0.282. The van der Waals surface area contributed by atoms with Crippen molar-refractivity contribution < 1.29 is 14.6 Å². The Bertz CT molecular complexity index is 627. The Labute approximate surface area is 102 Å². The fourth-order valence-corrected chi connectivity index (χ4v) is 1.77. The van der Waals surface area contributed by atoms with E-state index in [4.69, 9.17) is 9.84 Å². The number of imidazole rings is 1. The smallest absolute Gasteiger partial charge is 0.354 e. The minimum atomic E-state index is -1.17. The predicted octanol–water partition coefficient (Wildman–Crippen LogP) is 1.00. The molecule has 0 aliphatic heterocycles. The number of carboxylic acid groups (broad SMARTS) is 1. The molecule has 6 nitrogen and oxygen atoms in total. The van der Waals surface area contributed by atoms with Gasteiger partial charge in [-0.25, -0.2) is 9.59 Å². The number of hydrogen-bond acceptors (Lipinski definition) is 3. The molecule has 0 saturated carbocycles. The second-order valence-corrected chi connectivity index (χ2v) is 3.73. The van der Waals surface area contributed by atoms with E-state index in [1.54, 1.807) is 6.07 Å². The molecule has 1 aromatic heterocycles. The molecule has 0 amide bonds. The van der Waals surface area contributed by atoms with Crippen LogP contribution in [-0.2, 0) is 6.42 Å². The van der Waals surface area contributed by atoms with Crippen molar-refractivity contribution >= 4 is 5.97 Å². The molecule has 0 spiro atoms. The minimum absolute atomic E-state index is 0.120. The third-order valence-electron chi connectivity index (χ3n) is 2.58. The van der Waals surface area contributed by atoms with Gasteiger partial charge in [-0.2, -0.15) is 0 Å². The van der Waals surface area contributed by atoms with Crippen LogP contribution in [0.2, 0.25) is 0 Å². The third kappa shape index (κ3) is 2.27. The normalized spacial score (nSPS) is 10.3. The van der Waals surface area contributed by atoms with E-state index in [-0.39, 0.29) is 12.1 Å². The summed E-state index contributed by atoms with van der Waals surface area (Å²) in [5, 5.41) is 8.96. The number of para-hydroxylation sites is 1. The van der Waals surface area contributed by atoms with Crippen LogP contribution in [0.4, 0.5) is 0 Å². The summed E-state index contributed by atoms with van der Waals surface area (Å²) in [4.78, 5) is 26.8. The van der Waals surface area contributed by atoms with Gasteiger partial charge in [-0.1, -0.05) is 18.2 Å². The fourth-order valence-electron chi connectivity index (χ4n) is 1.77. The first-order chi connectivity index (χ1) is 8.61. The van der Waals surface area contributed by atoms with Gasteiger partial charge in [0.2, 0.25) is 0 Å². The van der Waals surface area contributed by atoms with Crippen molar-refractivity contribution in [2.45, 2.75) is 6.42 Å². The summed E-state index contributed by atoms with van der Waals surface area (Å²) in [7, 11) is 1.54. The second-order valence-electron chi connectivity index (χ2n) is 3.73. The standard InChI is InChI=1S/C12H12N2O4/c1-18-9-5-3-2-4-7(9)6-8-10(11(15)16)14-12(17)13-8/h2-5H,6H2,1H3,(H,15,16)(H2,13,14,17). The molecule has 94 valence electrons. The lowest BCUT2D eigenvalue weighted by molar-refractivity contribution is 0.0690. The highest BCUT2D eigenvalue weighted by atomic mass is 16.5. The topological polar surface area (TPSA) is 95.2 Å². The summed E-state index contributed by atoms with van der Waals surface area (Å²) >= 11 is 0. The van der Waals surface area contributed by atoms with Crippen molar-refractivity contribution in [3.8, 4) is 5.75 Å². The monoisotopic (exact) mass is 248 g/mol. The number of benzene rings is 1. The number of carboxylic acids is 1. The largest absolute Gasteiger partial charge is 0.496 e. The van der Waals surface area contributed by atoms with E-state index in [2.05, 4.69) is 9.97 Å². The predicted molar refractivity (Wildman–Crippen MR) is 64.2 cm³/mol. The number of rotatable bonds is 4. The summed E-state index contributed by atoms with van der Waals surface area (Å²) in [6, 6.07) is 7.24. The van der Waals surface area contributed by atoms with Crippen molar-refractivity contribution in [3.05, 3.63) is 51.7 Å². The molecule has 1 aromatic carbocycles. The average molecular weight is 248 g/mol. The second kappa shape index (κ2) is 4.79. The van der Waals surface area contributed by atoms with E-state index < -0.39 is 11.7 Å². The van der Waals surface area contributed by atoms with Crippen molar-refractivity contribution in [1.29, 1.82) is 0 Å². The maximum atomic E-state index is 11.2. The van der Waals surface area contributed by atoms with Gasteiger partial charge in [-0.3, -0.25) is 4.98 Å². The zero-order valence-electron chi connectivity index (χ0n) is 9.69. The molecule has 0 radical (unpaired) electrons. The highest BCUT2D eigenvalue weighted by Crippen LogP contribution is 2.20. The van der Waals surface area contributed by atoms with Crippen LogP contribution in [0.15, 0.2) is 29.1 Å². The van der Waals surface area contributed by atoms with Crippen LogP contribution in [0.25, 0.3) is 0 Å². The third-order valence-corrected chi connectivity index (χ3v) is 2.58. The van der Waals surface area contributed by atoms with Gasteiger partial charge in [0.1, 0.15) is 11.4 Å². The maximum Gasteiger partial charge on any atom is 0.354 e. The lowest BCUT2D eigenvalue weighted by atomic mass is 10.1. The molecule has 0 saturated heterocycles. The summed E-state index contributed by atoms with van der Waals surface area (Å²) in [5.74, 6) is -0.519. The molecule has 1 heterocycles. The molecule has 2 rings (SSSR count). The Morgan fingerprint density at radius 3 is 2.72 bits per heavy atom. The molecular formula is C12H12N2O4. The first-order valence-electron chi connectivity index (χ1n) is 5.28. The van der Waals surface area contributed by atoms with Crippen LogP contribution in [0.3, 0.4) is 0 Å². The fraction of sp³-hybridized carbons (Fsp3) is 0.167. The minimum Gasteiger partial charge on any atom is -0.496 e. The van der Waals surface area contributed by atoms with E-state index in [0.29, 0.717) is 11.4 Å². The van der Waals surface area contributed by atoms with Gasteiger partial charge in [0.15, 0.2) is 0 Å². The van der Waals surface area contributed by atoms with Crippen LogP contribution < -0.4 is 10.4 Å². The molecule has 2 aromatic rings. The first kappa shape index (κ1) is 12.0. The Kier molecular flexibility index (Phi) is 3.18. The van der Waals surface area contributed by atoms with Crippen molar-refractivity contribution in [3.63, 3.8) is 0 Å². The quantitative estimate of drug-likeness (QED) is 0.752. The summed E-state index contributed by atoms with van der Waals surface area (Å²) in [6.45, 7) is 0. The lowest BCUT2D eigenvalue weighted by Gasteiger charge is -2.07. The molecule has 18 heavy (non-hydrogen) atoms. The number of H-pyrrole nitrogens is 2. The van der Waals surface area contributed by atoms with Crippen LogP contribution in [-0.4, -0.2) is 28.2 Å².